The highest BCUT2D eigenvalue weighted by molar-refractivity contribution is 7.90. The quantitative estimate of drug-likeness (QED) is 0.738. The molecule has 4 nitrogen and oxygen atoms in total. The molecule has 0 aliphatic carbocycles. The maximum absolute atomic E-state index is 11.9. The van der Waals surface area contributed by atoms with Gasteiger partial charge in [0.15, 0.2) is 6.29 Å². The first-order valence-electron chi connectivity index (χ1n) is 4.70. The normalized spacial score (nSPS) is 12.1. The summed E-state index contributed by atoms with van der Waals surface area (Å²) in [6, 6.07) is 0. The van der Waals surface area contributed by atoms with Crippen LogP contribution in [0.1, 0.15) is 35.5 Å². The number of aldehydes is 1. The van der Waals surface area contributed by atoms with Gasteiger partial charge in [0.25, 0.3) is 0 Å². The average molecular weight is 229 g/mol. The Labute approximate surface area is 90.0 Å². The fourth-order valence-electron chi connectivity index (χ4n) is 1.30. The second kappa shape index (κ2) is 3.81. The fraction of sp³-hybridized carbons (Fsp3) is 0.500. The minimum atomic E-state index is -3.36. The predicted octanol–water partition coefficient (Wildman–Crippen LogP) is 1.50. The van der Waals surface area contributed by atoms with E-state index in [9.17, 15) is 13.2 Å². The summed E-state index contributed by atoms with van der Waals surface area (Å²) < 4.78 is 25.0. The molecule has 15 heavy (non-hydrogen) atoms. The van der Waals surface area contributed by atoms with E-state index in [2.05, 4.69) is 0 Å². The molecule has 1 aromatic rings. The maximum Gasteiger partial charge on any atom is 0.241 e. The Morgan fingerprint density at radius 1 is 1.33 bits per heavy atom. The van der Waals surface area contributed by atoms with Gasteiger partial charge in [-0.25, -0.2) is 12.4 Å². The Balaban J connectivity index is 3.47. The Hall–Kier alpha value is -1.10. The summed E-state index contributed by atoms with van der Waals surface area (Å²) >= 11 is 0. The molecule has 1 aromatic heterocycles. The van der Waals surface area contributed by atoms with Crippen LogP contribution in [0.15, 0.2) is 6.20 Å². The van der Waals surface area contributed by atoms with Gasteiger partial charge in [-0.1, -0.05) is 0 Å². The van der Waals surface area contributed by atoms with E-state index in [1.807, 2.05) is 0 Å². The Bertz CT molecular complexity index is 483. The van der Waals surface area contributed by atoms with E-state index in [0.717, 1.165) is 0 Å². The van der Waals surface area contributed by atoms with Crippen molar-refractivity contribution in [3.8, 4) is 0 Å². The van der Waals surface area contributed by atoms with Gasteiger partial charge >= 0.3 is 0 Å². The predicted molar refractivity (Wildman–Crippen MR) is 58.7 cm³/mol. The number of carbonyl (C=O) groups is 1. The Morgan fingerprint density at radius 3 is 2.20 bits per heavy atom. The van der Waals surface area contributed by atoms with Gasteiger partial charge in [0, 0.05) is 17.5 Å². The molecule has 1 heterocycles. The number of aromatic nitrogens is 1. The largest absolute Gasteiger partial charge is 0.298 e. The molecule has 0 aliphatic rings. The lowest BCUT2D eigenvalue weighted by Crippen LogP contribution is -2.22. The molecule has 1 rings (SSSR count). The lowest BCUT2D eigenvalue weighted by Gasteiger charge is -2.10. The first kappa shape index (κ1) is 12.0. The molecule has 0 aliphatic heterocycles. The summed E-state index contributed by atoms with van der Waals surface area (Å²) in [7, 11) is -3.36. The van der Waals surface area contributed by atoms with Gasteiger partial charge in [-0.15, -0.1) is 0 Å². The number of hydrogen-bond acceptors (Lipinski definition) is 3. The van der Waals surface area contributed by atoms with Gasteiger partial charge in [-0.3, -0.25) is 4.79 Å². The summed E-state index contributed by atoms with van der Waals surface area (Å²) in [5, 5.41) is -0.498. The van der Waals surface area contributed by atoms with Gasteiger partial charge in [-0.2, -0.15) is 0 Å². The van der Waals surface area contributed by atoms with Gasteiger partial charge in [0.2, 0.25) is 10.0 Å². The zero-order valence-corrected chi connectivity index (χ0v) is 10.1. The Kier molecular flexibility index (Phi) is 3.04. The van der Waals surface area contributed by atoms with Crippen LogP contribution in [0.3, 0.4) is 0 Å². The van der Waals surface area contributed by atoms with Gasteiger partial charge in [-0.05, 0) is 33.3 Å². The summed E-state index contributed by atoms with van der Waals surface area (Å²) in [5.74, 6) is 0. The van der Waals surface area contributed by atoms with Crippen LogP contribution >= 0.6 is 0 Å². The van der Waals surface area contributed by atoms with Crippen molar-refractivity contribution >= 4 is 16.3 Å². The standard InChI is InChI=1S/C10H15NO3S/c1-7(2)15(13,14)11-5-10(6-12)8(3)9(11)4/h5-7H,1-4H3. The number of nitrogens with zero attached hydrogens (tertiary/aromatic N) is 1. The highest BCUT2D eigenvalue weighted by Crippen LogP contribution is 2.18. The first-order valence-corrected chi connectivity index (χ1v) is 6.20. The zero-order chi connectivity index (χ0) is 11.8. The molecule has 0 unspecified atom stereocenters. The maximum atomic E-state index is 11.9. The van der Waals surface area contributed by atoms with E-state index in [1.165, 1.54) is 10.2 Å². The third kappa shape index (κ3) is 1.84. The lowest BCUT2D eigenvalue weighted by molar-refractivity contribution is 0.112. The van der Waals surface area contributed by atoms with Crippen molar-refractivity contribution in [1.29, 1.82) is 0 Å². The molecule has 0 aromatic carbocycles. The molecule has 0 spiro atoms. The molecule has 84 valence electrons. The lowest BCUT2D eigenvalue weighted by atomic mass is 10.2. The van der Waals surface area contributed by atoms with E-state index in [0.29, 0.717) is 23.1 Å². The molecular weight excluding hydrogens is 214 g/mol. The number of rotatable bonds is 3. The topological polar surface area (TPSA) is 56.1 Å². The number of carbonyl (C=O) groups excluding carboxylic acids is 1. The van der Waals surface area contributed by atoms with Crippen molar-refractivity contribution in [2.45, 2.75) is 32.9 Å². The van der Waals surface area contributed by atoms with Crippen molar-refractivity contribution in [2.24, 2.45) is 0 Å². The SMILES string of the molecule is Cc1c(C=O)cn(S(=O)(=O)C(C)C)c1C. The van der Waals surface area contributed by atoms with Crippen molar-refractivity contribution in [2.75, 3.05) is 0 Å². The van der Waals surface area contributed by atoms with Gasteiger partial charge < -0.3 is 0 Å². The molecule has 5 heteroatoms. The van der Waals surface area contributed by atoms with Crippen LogP contribution in [0.2, 0.25) is 0 Å². The summed E-state index contributed by atoms with van der Waals surface area (Å²) in [4.78, 5) is 10.7. The van der Waals surface area contributed by atoms with Crippen LogP contribution in [0.25, 0.3) is 0 Å². The molecule has 0 atom stereocenters. The van der Waals surface area contributed by atoms with Crippen molar-refractivity contribution < 1.29 is 13.2 Å². The van der Waals surface area contributed by atoms with Crippen LogP contribution in [0, 0.1) is 13.8 Å². The van der Waals surface area contributed by atoms with Crippen molar-refractivity contribution in [3.63, 3.8) is 0 Å². The number of hydrogen-bond donors (Lipinski definition) is 0. The molecule has 0 radical (unpaired) electrons. The van der Waals surface area contributed by atoms with Crippen molar-refractivity contribution in [1.82, 2.24) is 3.97 Å². The highest BCUT2D eigenvalue weighted by Gasteiger charge is 2.22. The molecule has 0 N–H and O–H groups in total. The van der Waals surface area contributed by atoms with Crippen molar-refractivity contribution in [3.05, 3.63) is 23.0 Å². The monoisotopic (exact) mass is 229 g/mol. The van der Waals surface area contributed by atoms with E-state index < -0.39 is 15.3 Å². The zero-order valence-electron chi connectivity index (χ0n) is 9.31. The van der Waals surface area contributed by atoms with E-state index in [1.54, 1.807) is 27.7 Å². The van der Waals surface area contributed by atoms with Gasteiger partial charge in [0.05, 0.1) is 5.25 Å². The first-order chi connectivity index (χ1) is 6.82. The van der Waals surface area contributed by atoms with Crippen LogP contribution in [0.4, 0.5) is 0 Å². The fourth-order valence-corrected chi connectivity index (χ4v) is 2.54. The van der Waals surface area contributed by atoms with E-state index in [-0.39, 0.29) is 0 Å². The van der Waals surface area contributed by atoms with Crippen LogP contribution in [-0.4, -0.2) is 23.9 Å². The summed E-state index contributed by atoms with van der Waals surface area (Å²) in [6.07, 6.45) is 2.06. The molecular formula is C10H15NO3S. The highest BCUT2D eigenvalue weighted by atomic mass is 32.2. The summed E-state index contributed by atoms with van der Waals surface area (Å²) in [5.41, 5.74) is 1.75. The third-order valence-electron chi connectivity index (χ3n) is 2.56. The molecule has 0 saturated carbocycles. The summed E-state index contributed by atoms with van der Waals surface area (Å²) in [6.45, 7) is 6.67. The van der Waals surface area contributed by atoms with Crippen LogP contribution < -0.4 is 0 Å². The molecule has 0 amide bonds. The minimum absolute atomic E-state index is 0.428. The second-order valence-electron chi connectivity index (χ2n) is 3.80. The smallest absolute Gasteiger partial charge is 0.241 e. The second-order valence-corrected chi connectivity index (χ2v) is 6.17. The van der Waals surface area contributed by atoms with Crippen LogP contribution in [0.5, 0.6) is 0 Å². The average Bonchev–Trinajstić information content (AvgIpc) is 2.44. The van der Waals surface area contributed by atoms with E-state index in [4.69, 9.17) is 0 Å². The van der Waals surface area contributed by atoms with E-state index >= 15 is 0 Å². The third-order valence-corrected chi connectivity index (χ3v) is 4.68. The molecule has 0 saturated heterocycles. The molecule has 0 bridgehead atoms. The molecule has 0 fully saturated rings. The Morgan fingerprint density at radius 2 is 1.87 bits per heavy atom. The van der Waals surface area contributed by atoms with Crippen LogP contribution in [-0.2, 0) is 10.0 Å². The minimum Gasteiger partial charge on any atom is -0.298 e. The van der Waals surface area contributed by atoms with Gasteiger partial charge in [0.1, 0.15) is 0 Å².